The summed E-state index contributed by atoms with van der Waals surface area (Å²) in [5, 5.41) is 0. The van der Waals surface area contributed by atoms with Crippen LogP contribution in [0.4, 0.5) is 36.3 Å². The van der Waals surface area contributed by atoms with Gasteiger partial charge in [0.05, 0.1) is 0 Å². The Morgan fingerprint density at radius 3 is 2.00 bits per heavy atom. The average molecular weight is 414 g/mol. The SMILES string of the molecule is CCCc1ccc(N(C)c2nc(N(C)c3ccc(C)cc3)ncc2C(F)(F)F)cc1. The Morgan fingerprint density at radius 1 is 0.867 bits per heavy atom. The van der Waals surface area contributed by atoms with E-state index >= 15 is 0 Å². The van der Waals surface area contributed by atoms with E-state index in [1.54, 1.807) is 19.0 Å². The predicted molar refractivity (Wildman–Crippen MR) is 115 cm³/mol. The first-order valence-electron chi connectivity index (χ1n) is 9.78. The van der Waals surface area contributed by atoms with Gasteiger partial charge in [-0.3, -0.25) is 0 Å². The van der Waals surface area contributed by atoms with Crippen LogP contribution >= 0.6 is 0 Å². The lowest BCUT2D eigenvalue weighted by molar-refractivity contribution is -0.137. The van der Waals surface area contributed by atoms with E-state index in [0.29, 0.717) is 5.69 Å². The maximum Gasteiger partial charge on any atom is 0.421 e. The highest BCUT2D eigenvalue weighted by Gasteiger charge is 2.37. The third-order valence-electron chi connectivity index (χ3n) is 4.96. The molecule has 0 aliphatic rings. The predicted octanol–water partition coefficient (Wildman–Crippen LogP) is 6.29. The van der Waals surface area contributed by atoms with Gasteiger partial charge in [0, 0.05) is 31.7 Å². The first-order valence-corrected chi connectivity index (χ1v) is 9.78. The smallest absolute Gasteiger partial charge is 0.329 e. The van der Waals surface area contributed by atoms with Crippen LogP contribution in [0.3, 0.4) is 0 Å². The van der Waals surface area contributed by atoms with E-state index in [2.05, 4.69) is 16.9 Å². The van der Waals surface area contributed by atoms with Crippen LogP contribution in [-0.2, 0) is 12.6 Å². The van der Waals surface area contributed by atoms with Gasteiger partial charge in [0.2, 0.25) is 5.95 Å². The molecule has 0 amide bonds. The third kappa shape index (κ3) is 4.72. The number of aromatic nitrogens is 2. The highest BCUT2D eigenvalue weighted by atomic mass is 19.4. The van der Waals surface area contributed by atoms with Crippen molar-refractivity contribution in [2.75, 3.05) is 23.9 Å². The quantitative estimate of drug-likeness (QED) is 0.474. The minimum Gasteiger partial charge on any atom is -0.329 e. The molecule has 0 fully saturated rings. The number of alkyl halides is 3. The van der Waals surface area contributed by atoms with Crippen molar-refractivity contribution in [3.8, 4) is 0 Å². The Kier molecular flexibility index (Phi) is 6.29. The van der Waals surface area contributed by atoms with Gasteiger partial charge in [-0.2, -0.15) is 18.2 Å². The number of nitrogens with zero attached hydrogens (tertiary/aromatic N) is 4. The van der Waals surface area contributed by atoms with Crippen LogP contribution in [0.5, 0.6) is 0 Å². The van der Waals surface area contributed by atoms with E-state index in [1.165, 1.54) is 4.90 Å². The molecule has 0 spiro atoms. The van der Waals surface area contributed by atoms with Crippen LogP contribution in [0, 0.1) is 6.92 Å². The molecule has 0 saturated carbocycles. The Hall–Kier alpha value is -3.09. The number of hydrogen-bond donors (Lipinski definition) is 0. The molecule has 0 aliphatic heterocycles. The van der Waals surface area contributed by atoms with Crippen LogP contribution < -0.4 is 9.80 Å². The second-order valence-corrected chi connectivity index (χ2v) is 7.28. The zero-order valence-electron chi connectivity index (χ0n) is 17.5. The number of aryl methyl sites for hydroxylation is 2. The maximum absolute atomic E-state index is 13.7. The van der Waals surface area contributed by atoms with Crippen LogP contribution in [0.2, 0.25) is 0 Å². The summed E-state index contributed by atoms with van der Waals surface area (Å²) in [6.07, 6.45) is -1.78. The number of anilines is 4. The third-order valence-corrected chi connectivity index (χ3v) is 4.96. The van der Waals surface area contributed by atoms with Gasteiger partial charge in [-0.15, -0.1) is 0 Å². The average Bonchev–Trinajstić information content (AvgIpc) is 2.73. The number of rotatable bonds is 6. The Balaban J connectivity index is 2.01. The first-order chi connectivity index (χ1) is 14.2. The van der Waals surface area contributed by atoms with Crippen molar-refractivity contribution < 1.29 is 13.2 Å². The van der Waals surface area contributed by atoms with E-state index in [1.807, 2.05) is 55.5 Å². The monoisotopic (exact) mass is 414 g/mol. The van der Waals surface area contributed by atoms with Crippen LogP contribution in [-0.4, -0.2) is 24.1 Å². The molecule has 3 rings (SSSR count). The minimum atomic E-state index is -4.56. The summed E-state index contributed by atoms with van der Waals surface area (Å²) in [7, 11) is 3.32. The summed E-state index contributed by atoms with van der Waals surface area (Å²) in [6, 6.07) is 15.1. The molecule has 30 heavy (non-hydrogen) atoms. The van der Waals surface area contributed by atoms with Crippen LogP contribution in [0.15, 0.2) is 54.7 Å². The van der Waals surface area contributed by atoms with Crippen molar-refractivity contribution in [2.24, 2.45) is 0 Å². The summed E-state index contributed by atoms with van der Waals surface area (Å²) in [5.41, 5.74) is 2.78. The molecule has 158 valence electrons. The maximum atomic E-state index is 13.7. The molecule has 1 aromatic heterocycles. The van der Waals surface area contributed by atoms with Gasteiger partial charge in [-0.05, 0) is 43.2 Å². The zero-order chi connectivity index (χ0) is 21.9. The van der Waals surface area contributed by atoms with Gasteiger partial charge in [-0.1, -0.05) is 43.2 Å². The molecule has 3 aromatic rings. The van der Waals surface area contributed by atoms with E-state index < -0.39 is 11.7 Å². The Morgan fingerprint density at radius 2 is 1.43 bits per heavy atom. The number of halogens is 3. The van der Waals surface area contributed by atoms with Crippen LogP contribution in [0.1, 0.15) is 30.0 Å². The Labute approximate surface area is 175 Å². The van der Waals surface area contributed by atoms with Gasteiger partial charge >= 0.3 is 6.18 Å². The highest BCUT2D eigenvalue weighted by molar-refractivity contribution is 5.66. The summed E-state index contributed by atoms with van der Waals surface area (Å²) < 4.78 is 41.0. The molecule has 0 radical (unpaired) electrons. The summed E-state index contributed by atoms with van der Waals surface area (Å²) in [5.74, 6) is 0.00556. The first kappa shape index (κ1) is 21.6. The lowest BCUT2D eigenvalue weighted by Gasteiger charge is -2.25. The van der Waals surface area contributed by atoms with E-state index in [9.17, 15) is 13.2 Å². The molecule has 0 atom stereocenters. The van der Waals surface area contributed by atoms with Gasteiger partial charge < -0.3 is 9.80 Å². The van der Waals surface area contributed by atoms with Crippen molar-refractivity contribution in [3.05, 3.63) is 71.4 Å². The molecule has 0 saturated heterocycles. The molecule has 0 N–H and O–H groups in total. The Bertz CT molecular complexity index is 983. The van der Waals surface area contributed by atoms with Crippen LogP contribution in [0.25, 0.3) is 0 Å². The molecular formula is C23H25F3N4. The van der Waals surface area contributed by atoms with Crippen molar-refractivity contribution in [1.29, 1.82) is 0 Å². The molecule has 4 nitrogen and oxygen atoms in total. The van der Waals surface area contributed by atoms with E-state index in [4.69, 9.17) is 0 Å². The lowest BCUT2D eigenvalue weighted by atomic mass is 10.1. The van der Waals surface area contributed by atoms with Crippen molar-refractivity contribution in [3.63, 3.8) is 0 Å². The molecule has 0 bridgehead atoms. The lowest BCUT2D eigenvalue weighted by Crippen LogP contribution is -2.21. The summed E-state index contributed by atoms with van der Waals surface area (Å²) in [6.45, 7) is 4.06. The second-order valence-electron chi connectivity index (χ2n) is 7.28. The zero-order valence-corrected chi connectivity index (χ0v) is 17.5. The van der Waals surface area contributed by atoms with Gasteiger partial charge in [0.25, 0.3) is 0 Å². The molecular weight excluding hydrogens is 389 g/mol. The minimum absolute atomic E-state index is 0.185. The number of hydrogen-bond acceptors (Lipinski definition) is 4. The summed E-state index contributed by atoms with van der Waals surface area (Å²) in [4.78, 5) is 11.4. The fraction of sp³-hybridized carbons (Fsp3) is 0.304. The summed E-state index contributed by atoms with van der Waals surface area (Å²) >= 11 is 0. The van der Waals surface area contributed by atoms with E-state index in [0.717, 1.165) is 35.9 Å². The molecule has 2 aromatic carbocycles. The van der Waals surface area contributed by atoms with Gasteiger partial charge in [0.15, 0.2) is 5.82 Å². The fourth-order valence-corrected chi connectivity index (χ4v) is 3.16. The van der Waals surface area contributed by atoms with Gasteiger partial charge in [0.1, 0.15) is 5.56 Å². The molecule has 1 heterocycles. The van der Waals surface area contributed by atoms with Crippen molar-refractivity contribution in [2.45, 2.75) is 32.9 Å². The number of benzene rings is 2. The standard InChI is InChI=1S/C23H25F3N4/c1-5-6-17-9-13-18(14-10-17)29(3)21-20(23(24,25)26)15-27-22(28-21)30(4)19-11-7-16(2)8-12-19/h7-15H,5-6H2,1-4H3. The van der Waals surface area contributed by atoms with Crippen molar-refractivity contribution >= 4 is 23.1 Å². The highest BCUT2D eigenvalue weighted by Crippen LogP contribution is 2.38. The van der Waals surface area contributed by atoms with E-state index in [-0.39, 0.29) is 11.8 Å². The topological polar surface area (TPSA) is 32.3 Å². The largest absolute Gasteiger partial charge is 0.421 e. The second kappa shape index (κ2) is 8.73. The molecule has 7 heteroatoms. The fourth-order valence-electron chi connectivity index (χ4n) is 3.16. The normalized spacial score (nSPS) is 11.4. The molecule has 0 unspecified atom stereocenters. The molecule has 0 aliphatic carbocycles. The van der Waals surface area contributed by atoms with Gasteiger partial charge in [-0.25, -0.2) is 4.98 Å². The van der Waals surface area contributed by atoms with Crippen molar-refractivity contribution in [1.82, 2.24) is 9.97 Å².